The summed E-state index contributed by atoms with van der Waals surface area (Å²) in [5, 5.41) is 11.7. The molecule has 1 aromatic carbocycles. The Bertz CT molecular complexity index is 541. The quantitative estimate of drug-likeness (QED) is 0.574. The van der Waals surface area contributed by atoms with E-state index in [0.29, 0.717) is 6.42 Å². The van der Waals surface area contributed by atoms with Crippen molar-refractivity contribution in [3.05, 3.63) is 24.3 Å². The van der Waals surface area contributed by atoms with Crippen molar-refractivity contribution in [2.24, 2.45) is 0 Å². The lowest BCUT2D eigenvalue weighted by Crippen LogP contribution is -2.18. The number of benzene rings is 1. The lowest BCUT2D eigenvalue weighted by atomic mass is 10.1. The van der Waals surface area contributed by atoms with Gasteiger partial charge in [0.1, 0.15) is 0 Å². The summed E-state index contributed by atoms with van der Waals surface area (Å²) in [6.07, 6.45) is 3.79. The lowest BCUT2D eigenvalue weighted by molar-refractivity contribution is -0.137. The Morgan fingerprint density at radius 2 is 1.71 bits per heavy atom. The van der Waals surface area contributed by atoms with Gasteiger partial charge in [-0.2, -0.15) is 0 Å². The Morgan fingerprint density at radius 3 is 2.29 bits per heavy atom. The molecule has 0 radical (unpaired) electrons. The average Bonchev–Trinajstić information content (AvgIpc) is 2.46. The molecular weight excluding hydrogens is 292 g/mol. The van der Waals surface area contributed by atoms with Crippen molar-refractivity contribution in [2.75, 3.05) is 18.9 Å². The number of nitrogens with one attached hydrogen (secondary N) is 2. The van der Waals surface area contributed by atoms with Crippen molar-refractivity contribution >= 4 is 21.7 Å². The zero-order chi connectivity index (χ0) is 15.7. The maximum absolute atomic E-state index is 11.5. The van der Waals surface area contributed by atoms with Gasteiger partial charge < -0.3 is 10.4 Å². The fraction of sp³-hybridized carbons (Fsp3) is 0.500. The zero-order valence-corrected chi connectivity index (χ0v) is 12.9. The van der Waals surface area contributed by atoms with Crippen LogP contribution in [0, 0.1) is 0 Å². The van der Waals surface area contributed by atoms with E-state index in [2.05, 4.69) is 10.0 Å². The van der Waals surface area contributed by atoms with Gasteiger partial charge in [0.15, 0.2) is 0 Å². The molecule has 0 aliphatic rings. The number of anilines is 1. The second kappa shape index (κ2) is 8.63. The molecule has 0 spiro atoms. The highest BCUT2D eigenvalue weighted by molar-refractivity contribution is 7.89. The highest BCUT2D eigenvalue weighted by Gasteiger charge is 2.09. The Morgan fingerprint density at radius 1 is 1.10 bits per heavy atom. The van der Waals surface area contributed by atoms with Gasteiger partial charge in [-0.15, -0.1) is 0 Å². The van der Waals surface area contributed by atoms with Crippen LogP contribution in [0.15, 0.2) is 29.2 Å². The van der Waals surface area contributed by atoms with Crippen LogP contribution in [0.3, 0.4) is 0 Å². The highest BCUT2D eigenvalue weighted by Crippen LogP contribution is 2.14. The first-order valence-corrected chi connectivity index (χ1v) is 8.43. The van der Waals surface area contributed by atoms with Crippen LogP contribution in [0.2, 0.25) is 0 Å². The van der Waals surface area contributed by atoms with Crippen LogP contribution in [0.4, 0.5) is 5.69 Å². The largest absolute Gasteiger partial charge is 0.481 e. The van der Waals surface area contributed by atoms with Crippen LogP contribution in [-0.2, 0) is 14.8 Å². The second-order valence-electron chi connectivity index (χ2n) is 4.72. The summed E-state index contributed by atoms with van der Waals surface area (Å²) in [5.41, 5.74) is 0.871. The smallest absolute Gasteiger partial charge is 0.303 e. The molecule has 0 heterocycles. The van der Waals surface area contributed by atoms with Gasteiger partial charge in [-0.3, -0.25) is 4.79 Å². The molecule has 0 atom stereocenters. The molecule has 0 saturated carbocycles. The average molecular weight is 314 g/mol. The normalized spacial score (nSPS) is 11.3. The number of rotatable bonds is 10. The first kappa shape index (κ1) is 17.5. The van der Waals surface area contributed by atoms with Crippen molar-refractivity contribution in [1.29, 1.82) is 0 Å². The van der Waals surface area contributed by atoms with Gasteiger partial charge in [0.2, 0.25) is 10.0 Å². The summed E-state index contributed by atoms with van der Waals surface area (Å²) < 4.78 is 25.4. The highest BCUT2D eigenvalue weighted by atomic mass is 32.2. The molecule has 0 amide bonds. The molecule has 0 aliphatic carbocycles. The third kappa shape index (κ3) is 6.59. The molecule has 0 fully saturated rings. The molecule has 3 N–H and O–H groups in total. The van der Waals surface area contributed by atoms with Crippen molar-refractivity contribution in [3.63, 3.8) is 0 Å². The van der Waals surface area contributed by atoms with E-state index < -0.39 is 16.0 Å². The van der Waals surface area contributed by atoms with Gasteiger partial charge in [0, 0.05) is 18.7 Å². The third-order valence-corrected chi connectivity index (χ3v) is 4.51. The number of hydrogen-bond donors (Lipinski definition) is 3. The van der Waals surface area contributed by atoms with Crippen LogP contribution in [0.25, 0.3) is 0 Å². The second-order valence-corrected chi connectivity index (χ2v) is 6.60. The molecule has 0 bridgehead atoms. The van der Waals surface area contributed by atoms with E-state index in [4.69, 9.17) is 5.11 Å². The summed E-state index contributed by atoms with van der Waals surface area (Å²) in [5.74, 6) is -0.746. The van der Waals surface area contributed by atoms with Crippen molar-refractivity contribution in [1.82, 2.24) is 4.72 Å². The number of hydrogen-bond acceptors (Lipinski definition) is 4. The zero-order valence-electron chi connectivity index (χ0n) is 12.1. The standard InChI is InChI=1S/C14H22N2O4S/c1-15-21(19,20)13-9-7-12(8-10-13)16-11-5-3-2-4-6-14(17)18/h7-10,15-16H,2-6,11H2,1H3,(H,17,18). The molecule has 7 heteroatoms. The topological polar surface area (TPSA) is 95.5 Å². The number of carboxylic acids is 1. The van der Waals surface area contributed by atoms with E-state index >= 15 is 0 Å². The number of carbonyl (C=O) groups is 1. The minimum absolute atomic E-state index is 0.231. The lowest BCUT2D eigenvalue weighted by Gasteiger charge is -2.07. The van der Waals surface area contributed by atoms with Crippen LogP contribution in [-0.4, -0.2) is 33.1 Å². The molecule has 1 rings (SSSR count). The molecule has 6 nitrogen and oxygen atoms in total. The maximum atomic E-state index is 11.5. The molecule has 0 aromatic heterocycles. The Hall–Kier alpha value is -1.60. The van der Waals surface area contributed by atoms with E-state index in [1.807, 2.05) is 0 Å². The van der Waals surface area contributed by atoms with Crippen molar-refractivity contribution in [2.45, 2.75) is 37.0 Å². The molecule has 118 valence electrons. The third-order valence-electron chi connectivity index (χ3n) is 3.08. The van der Waals surface area contributed by atoms with E-state index in [0.717, 1.165) is 31.5 Å². The number of carboxylic acid groups (broad SMARTS) is 1. The Labute approximate surface area is 125 Å². The molecule has 1 aromatic rings. The first-order chi connectivity index (χ1) is 9.95. The van der Waals surface area contributed by atoms with Gasteiger partial charge in [-0.1, -0.05) is 12.8 Å². The van der Waals surface area contributed by atoms with Crippen molar-refractivity contribution in [3.8, 4) is 0 Å². The molecule has 21 heavy (non-hydrogen) atoms. The van der Waals surface area contributed by atoms with Crippen LogP contribution >= 0.6 is 0 Å². The number of sulfonamides is 1. The van der Waals surface area contributed by atoms with Gasteiger partial charge in [-0.05, 0) is 44.2 Å². The fourth-order valence-corrected chi connectivity index (χ4v) is 2.59. The predicted octanol–water partition coefficient (Wildman–Crippen LogP) is 2.04. The Balaban J connectivity index is 2.26. The molecule has 0 saturated heterocycles. The maximum Gasteiger partial charge on any atom is 0.303 e. The molecule has 0 unspecified atom stereocenters. The SMILES string of the molecule is CNS(=O)(=O)c1ccc(NCCCCCCC(=O)O)cc1. The van der Waals surface area contributed by atoms with Gasteiger partial charge in [0.05, 0.1) is 4.90 Å². The monoisotopic (exact) mass is 314 g/mol. The number of aliphatic carboxylic acids is 1. The minimum Gasteiger partial charge on any atom is -0.481 e. The van der Waals surface area contributed by atoms with Crippen molar-refractivity contribution < 1.29 is 18.3 Å². The van der Waals surface area contributed by atoms with Crippen LogP contribution < -0.4 is 10.0 Å². The van der Waals surface area contributed by atoms with E-state index in [-0.39, 0.29) is 11.3 Å². The summed E-state index contributed by atoms with van der Waals surface area (Å²) in [6, 6.07) is 6.57. The van der Waals surface area contributed by atoms with Crippen LogP contribution in [0.1, 0.15) is 32.1 Å². The van der Waals surface area contributed by atoms with E-state index in [9.17, 15) is 13.2 Å². The summed E-state index contributed by atoms with van der Waals surface area (Å²) in [7, 11) is -2.00. The number of unbranched alkanes of at least 4 members (excludes halogenated alkanes) is 3. The molecule has 0 aliphatic heterocycles. The molecular formula is C14H22N2O4S. The van der Waals surface area contributed by atoms with Gasteiger partial charge in [-0.25, -0.2) is 13.1 Å². The van der Waals surface area contributed by atoms with Gasteiger partial charge >= 0.3 is 5.97 Å². The minimum atomic E-state index is -3.38. The summed E-state index contributed by atoms with van der Waals surface area (Å²) in [4.78, 5) is 10.6. The van der Waals surface area contributed by atoms with E-state index in [1.165, 1.54) is 7.05 Å². The fourth-order valence-electron chi connectivity index (χ4n) is 1.86. The summed E-state index contributed by atoms with van der Waals surface area (Å²) in [6.45, 7) is 0.783. The summed E-state index contributed by atoms with van der Waals surface area (Å²) >= 11 is 0. The van der Waals surface area contributed by atoms with E-state index in [1.54, 1.807) is 24.3 Å². The Kier molecular flexibility index (Phi) is 7.18. The first-order valence-electron chi connectivity index (χ1n) is 6.95. The van der Waals surface area contributed by atoms with Gasteiger partial charge in [0.25, 0.3) is 0 Å². The predicted molar refractivity (Wildman–Crippen MR) is 81.9 cm³/mol. The van der Waals surface area contributed by atoms with Crippen LogP contribution in [0.5, 0.6) is 0 Å².